The minimum absolute atomic E-state index is 0.168. The molecule has 5 rings (SSSR count). The molecule has 11 atom stereocenters. The Morgan fingerprint density at radius 1 is 0.868 bits per heavy atom. The van der Waals surface area contributed by atoms with E-state index in [0.29, 0.717) is 25.9 Å². The molecule has 10 nitrogen and oxygen atoms in total. The van der Waals surface area contributed by atoms with E-state index >= 15 is 0 Å². The van der Waals surface area contributed by atoms with Gasteiger partial charge in [-0.1, -0.05) is 20.3 Å². The second kappa shape index (κ2) is 9.03. The van der Waals surface area contributed by atoms with Gasteiger partial charge in [-0.2, -0.15) is 0 Å². The van der Waals surface area contributed by atoms with Gasteiger partial charge in [-0.15, -0.1) is 0 Å². The summed E-state index contributed by atoms with van der Waals surface area (Å²) in [6, 6.07) is 0. The normalized spacial score (nSPS) is 46.7. The molecule has 1 saturated heterocycles. The number of carbonyl (C=O) groups excluding carboxylic acids is 5. The summed E-state index contributed by atoms with van der Waals surface area (Å²) < 4.78 is 30.1. The van der Waals surface area contributed by atoms with Crippen molar-refractivity contribution in [3.63, 3.8) is 0 Å². The van der Waals surface area contributed by atoms with Gasteiger partial charge in [0.25, 0.3) is 0 Å². The van der Waals surface area contributed by atoms with Crippen LogP contribution in [0.3, 0.4) is 0 Å². The Hall–Kier alpha value is -2.49. The maximum atomic E-state index is 14.5. The summed E-state index contributed by atoms with van der Waals surface area (Å²) in [6.07, 6.45) is -0.719. The van der Waals surface area contributed by atoms with Crippen LogP contribution in [0.25, 0.3) is 0 Å². The van der Waals surface area contributed by atoms with Crippen LogP contribution in [0.2, 0.25) is 0 Å². The highest BCUT2D eigenvalue weighted by Crippen LogP contribution is 2.75. The zero-order chi connectivity index (χ0) is 27.8. The van der Waals surface area contributed by atoms with Gasteiger partial charge in [0.15, 0.2) is 0 Å². The third-order valence-electron chi connectivity index (χ3n) is 10.3. The summed E-state index contributed by atoms with van der Waals surface area (Å²) >= 11 is 0. The van der Waals surface area contributed by atoms with Gasteiger partial charge in [-0.05, 0) is 37.0 Å². The molecular weight excluding hydrogens is 496 g/mol. The molecule has 0 aromatic carbocycles. The first-order valence-corrected chi connectivity index (χ1v) is 13.6. The molecule has 0 aromatic rings. The minimum atomic E-state index is -1.48. The van der Waals surface area contributed by atoms with Gasteiger partial charge >= 0.3 is 23.9 Å². The van der Waals surface area contributed by atoms with Crippen LogP contribution < -0.4 is 0 Å². The van der Waals surface area contributed by atoms with Crippen LogP contribution in [-0.2, 0) is 47.7 Å². The fourth-order valence-electron chi connectivity index (χ4n) is 9.49. The molecule has 4 bridgehead atoms. The third kappa shape index (κ3) is 3.58. The van der Waals surface area contributed by atoms with Gasteiger partial charge < -0.3 is 23.7 Å². The Labute approximate surface area is 222 Å². The highest BCUT2D eigenvalue weighted by molar-refractivity contribution is 5.93. The number of Topliss-reactive ketones (excluding diaryl/α,β-unsaturated/α-hetero) is 1. The second-order valence-electron chi connectivity index (χ2n) is 12.4. The summed E-state index contributed by atoms with van der Waals surface area (Å²) in [5, 5.41) is 0. The Morgan fingerprint density at radius 2 is 1.50 bits per heavy atom. The predicted molar refractivity (Wildman–Crippen MR) is 129 cm³/mol. The molecule has 0 unspecified atom stereocenters. The fraction of sp³-hybridized carbons (Fsp3) is 0.821. The van der Waals surface area contributed by atoms with E-state index < -0.39 is 77.1 Å². The topological polar surface area (TPSA) is 132 Å². The smallest absolute Gasteiger partial charge is 0.304 e. The van der Waals surface area contributed by atoms with Crippen molar-refractivity contribution < 1.29 is 47.7 Å². The lowest BCUT2D eigenvalue weighted by atomic mass is 9.37. The molecule has 0 amide bonds. The van der Waals surface area contributed by atoms with Gasteiger partial charge in [0, 0.05) is 50.9 Å². The molecule has 0 N–H and O–H groups in total. The second-order valence-corrected chi connectivity index (χ2v) is 12.4. The lowest BCUT2D eigenvalue weighted by molar-refractivity contribution is -0.359. The number of ketones is 1. The van der Waals surface area contributed by atoms with E-state index in [1.807, 2.05) is 0 Å². The molecule has 0 aromatic heterocycles. The van der Waals surface area contributed by atoms with Gasteiger partial charge in [0.1, 0.15) is 29.5 Å². The Bertz CT molecular complexity index is 1070. The van der Waals surface area contributed by atoms with Crippen LogP contribution in [0.5, 0.6) is 0 Å². The number of hydrogen-bond acceptors (Lipinski definition) is 10. The maximum Gasteiger partial charge on any atom is 0.304 e. The summed E-state index contributed by atoms with van der Waals surface area (Å²) in [4.78, 5) is 64.3. The number of fused-ring (bicyclic) bond motifs is 1. The summed E-state index contributed by atoms with van der Waals surface area (Å²) in [7, 11) is 0. The molecule has 38 heavy (non-hydrogen) atoms. The van der Waals surface area contributed by atoms with Crippen molar-refractivity contribution in [1.82, 2.24) is 0 Å². The summed E-state index contributed by atoms with van der Waals surface area (Å²) in [5.41, 5.74) is -2.75. The van der Waals surface area contributed by atoms with E-state index in [-0.39, 0.29) is 17.1 Å². The van der Waals surface area contributed by atoms with Crippen molar-refractivity contribution in [2.24, 2.45) is 39.9 Å². The summed E-state index contributed by atoms with van der Waals surface area (Å²) in [6.45, 7) is 9.49. The number of ether oxygens (including phenoxy) is 5. The monoisotopic (exact) mass is 534 g/mol. The van der Waals surface area contributed by atoms with Crippen molar-refractivity contribution >= 4 is 29.7 Å². The van der Waals surface area contributed by atoms with Crippen LogP contribution in [0.4, 0.5) is 0 Å². The number of esters is 4. The summed E-state index contributed by atoms with van der Waals surface area (Å²) in [5.74, 6) is -4.17. The predicted octanol–water partition coefficient (Wildman–Crippen LogP) is 2.74. The number of hydrogen-bond donors (Lipinski definition) is 0. The molecule has 4 saturated carbocycles. The third-order valence-corrected chi connectivity index (χ3v) is 10.3. The van der Waals surface area contributed by atoms with Crippen molar-refractivity contribution in [3.05, 3.63) is 0 Å². The molecule has 1 aliphatic heterocycles. The van der Waals surface area contributed by atoms with Crippen molar-refractivity contribution in [2.75, 3.05) is 6.61 Å². The lowest BCUT2D eigenvalue weighted by Gasteiger charge is -2.70. The highest BCUT2D eigenvalue weighted by atomic mass is 16.7. The average Bonchev–Trinajstić information content (AvgIpc) is 2.91. The van der Waals surface area contributed by atoms with Crippen LogP contribution in [0.1, 0.15) is 73.6 Å². The zero-order valence-electron chi connectivity index (χ0n) is 22.9. The molecule has 4 aliphatic carbocycles. The SMILES string of the molecule is CC(=O)O[C@H]1OC[C@]2(C)CCC[C@@]13[C@@H]2C[C@@H](OC(C)=O)[C@@]12C(=O)[C@H](C)[C@H](C[C@H](OC(C)=O)[C@@H]31)[C@H]2OC(C)=O. The first-order valence-electron chi connectivity index (χ1n) is 13.6. The van der Waals surface area contributed by atoms with E-state index in [1.165, 1.54) is 27.7 Å². The first kappa shape index (κ1) is 27.1. The first-order chi connectivity index (χ1) is 17.8. The molecule has 0 radical (unpaired) electrons. The van der Waals surface area contributed by atoms with E-state index in [0.717, 1.165) is 12.8 Å². The van der Waals surface area contributed by atoms with Crippen molar-refractivity contribution in [1.29, 1.82) is 0 Å². The van der Waals surface area contributed by atoms with Crippen LogP contribution in [0.15, 0.2) is 0 Å². The van der Waals surface area contributed by atoms with E-state index in [9.17, 15) is 24.0 Å². The van der Waals surface area contributed by atoms with Crippen LogP contribution in [-0.4, -0.2) is 60.9 Å². The average molecular weight is 535 g/mol. The molecule has 1 heterocycles. The number of rotatable bonds is 4. The number of carbonyl (C=O) groups is 5. The molecule has 1 spiro atoms. The van der Waals surface area contributed by atoms with Crippen LogP contribution in [0, 0.1) is 39.9 Å². The Kier molecular flexibility index (Phi) is 6.44. The molecule has 210 valence electrons. The lowest BCUT2D eigenvalue weighted by Crippen LogP contribution is -2.76. The molecule has 5 aliphatic rings. The zero-order valence-corrected chi connectivity index (χ0v) is 22.9. The Balaban J connectivity index is 1.81. The van der Waals surface area contributed by atoms with E-state index in [2.05, 4.69) is 6.92 Å². The maximum absolute atomic E-state index is 14.5. The van der Waals surface area contributed by atoms with Crippen molar-refractivity contribution in [2.45, 2.75) is 98.2 Å². The van der Waals surface area contributed by atoms with Crippen LogP contribution >= 0.6 is 0 Å². The van der Waals surface area contributed by atoms with Gasteiger partial charge in [0.05, 0.1) is 6.61 Å². The molecule has 10 heteroatoms. The van der Waals surface area contributed by atoms with Crippen molar-refractivity contribution in [3.8, 4) is 0 Å². The molecule has 5 fully saturated rings. The highest BCUT2D eigenvalue weighted by Gasteiger charge is 2.83. The minimum Gasteiger partial charge on any atom is -0.462 e. The van der Waals surface area contributed by atoms with E-state index in [4.69, 9.17) is 23.7 Å². The van der Waals surface area contributed by atoms with Gasteiger partial charge in [-0.25, -0.2) is 0 Å². The Morgan fingerprint density at radius 3 is 2.11 bits per heavy atom. The quantitative estimate of drug-likeness (QED) is 0.392. The van der Waals surface area contributed by atoms with E-state index in [1.54, 1.807) is 6.92 Å². The largest absolute Gasteiger partial charge is 0.462 e. The molecular formula is C28H38O10. The van der Waals surface area contributed by atoms with Gasteiger partial charge in [-0.3, -0.25) is 24.0 Å². The van der Waals surface area contributed by atoms with Gasteiger partial charge in [0.2, 0.25) is 6.29 Å². The standard InChI is InChI=1S/C28H38O10/c1-13-18-10-19(35-14(2)29)22-27-9-7-8-26(6,12-34-25(27)38-17(5)32)20(27)11-21(36-15(3)30)28(22,23(13)33)24(18)37-16(4)31/h13,18-22,24-25H,7-12H2,1-6H3/t13-,18+,19+,20-,21-,22+,24-,25-,26+,27+,28+/m1/s1. The fourth-order valence-corrected chi connectivity index (χ4v) is 9.49.